The number of nitrogens with two attached hydrogens (primary N) is 2. The number of rotatable bonds is 7. The molecule has 0 amide bonds. The number of pyridine rings is 1. The van der Waals surface area contributed by atoms with Crippen molar-refractivity contribution in [3.8, 4) is 5.88 Å². The first-order chi connectivity index (χ1) is 15.5. The zero-order valence-corrected chi connectivity index (χ0v) is 18.9. The van der Waals surface area contributed by atoms with E-state index in [0.29, 0.717) is 29.9 Å². The van der Waals surface area contributed by atoms with Crippen molar-refractivity contribution in [3.05, 3.63) is 41.9 Å². The summed E-state index contributed by atoms with van der Waals surface area (Å²) in [6.45, 7) is 7.02. The molecule has 0 aliphatic carbocycles. The number of likely N-dealkylation sites (tertiary alicyclic amines) is 1. The second-order valence-electron chi connectivity index (χ2n) is 8.58. The van der Waals surface area contributed by atoms with Gasteiger partial charge in [0.2, 0.25) is 5.88 Å². The molecule has 1 aromatic carbocycles. The number of hydrazine groups is 1. The number of anilines is 3. The minimum Gasteiger partial charge on any atom is -0.477 e. The van der Waals surface area contributed by atoms with Crippen LogP contribution < -0.4 is 27.1 Å². The highest BCUT2D eigenvalue weighted by Crippen LogP contribution is 2.32. The standard InChI is InChI=1S/C23H32N8O/c1-14-5-4-6-17-11-18(15(2)28-22-20(30-25)21(24)26-13-27-22)29-23(19(14)17)32-12-16-7-9-31(3)10-8-16/h4-6,11,13,15-16,30H,7-10,12,25H2,1-3H3,(H3,24,26,27,28). The third kappa shape index (κ3) is 4.68. The van der Waals surface area contributed by atoms with E-state index in [1.807, 2.05) is 6.92 Å². The third-order valence-electron chi connectivity index (χ3n) is 6.16. The predicted molar refractivity (Wildman–Crippen MR) is 128 cm³/mol. The maximum Gasteiger partial charge on any atom is 0.221 e. The van der Waals surface area contributed by atoms with Gasteiger partial charge in [-0.15, -0.1) is 0 Å². The Morgan fingerprint density at radius 1 is 1.25 bits per heavy atom. The number of nitrogen functional groups attached to an aromatic ring is 2. The van der Waals surface area contributed by atoms with E-state index in [-0.39, 0.29) is 11.9 Å². The van der Waals surface area contributed by atoms with Crippen LogP contribution in [0.1, 0.15) is 37.1 Å². The molecule has 1 aliphatic heterocycles. The zero-order chi connectivity index (χ0) is 22.7. The molecule has 4 rings (SSSR count). The first kappa shape index (κ1) is 22.0. The van der Waals surface area contributed by atoms with Crippen LogP contribution in [0.25, 0.3) is 10.8 Å². The molecule has 32 heavy (non-hydrogen) atoms. The Bertz CT molecular complexity index is 1080. The summed E-state index contributed by atoms with van der Waals surface area (Å²) in [6, 6.07) is 8.17. The number of benzene rings is 1. The Labute approximate surface area is 188 Å². The minimum absolute atomic E-state index is 0.160. The number of nitrogens with zero attached hydrogens (tertiary/aromatic N) is 4. The van der Waals surface area contributed by atoms with Crippen LogP contribution >= 0.6 is 0 Å². The zero-order valence-electron chi connectivity index (χ0n) is 18.9. The number of fused-ring (bicyclic) bond motifs is 1. The molecule has 1 fully saturated rings. The van der Waals surface area contributed by atoms with Crippen LogP contribution in [-0.2, 0) is 0 Å². The van der Waals surface area contributed by atoms with Crippen LogP contribution in [-0.4, -0.2) is 46.6 Å². The smallest absolute Gasteiger partial charge is 0.221 e. The molecule has 9 heteroatoms. The van der Waals surface area contributed by atoms with Gasteiger partial charge in [0.15, 0.2) is 11.6 Å². The number of hydrogen-bond acceptors (Lipinski definition) is 9. The summed E-state index contributed by atoms with van der Waals surface area (Å²) in [6.07, 6.45) is 3.70. The summed E-state index contributed by atoms with van der Waals surface area (Å²) >= 11 is 0. The van der Waals surface area contributed by atoms with E-state index in [9.17, 15) is 0 Å². The van der Waals surface area contributed by atoms with E-state index < -0.39 is 0 Å². The highest BCUT2D eigenvalue weighted by molar-refractivity contribution is 5.90. The lowest BCUT2D eigenvalue weighted by molar-refractivity contribution is 0.158. The van der Waals surface area contributed by atoms with Crippen LogP contribution in [0.5, 0.6) is 5.88 Å². The van der Waals surface area contributed by atoms with Crippen LogP contribution in [0.3, 0.4) is 0 Å². The Morgan fingerprint density at radius 3 is 2.78 bits per heavy atom. The minimum atomic E-state index is -0.160. The van der Waals surface area contributed by atoms with Gasteiger partial charge in [0.25, 0.3) is 0 Å². The Hall–Kier alpha value is -3.17. The predicted octanol–water partition coefficient (Wildman–Crippen LogP) is 3.09. The number of ether oxygens (including phenoxy) is 1. The lowest BCUT2D eigenvalue weighted by Crippen LogP contribution is -2.32. The van der Waals surface area contributed by atoms with E-state index in [1.54, 1.807) is 0 Å². The molecule has 6 N–H and O–H groups in total. The van der Waals surface area contributed by atoms with Crippen LogP contribution in [0.2, 0.25) is 0 Å². The third-order valence-corrected chi connectivity index (χ3v) is 6.16. The summed E-state index contributed by atoms with van der Waals surface area (Å²) in [5.41, 5.74) is 10.9. The normalized spacial score (nSPS) is 16.1. The van der Waals surface area contributed by atoms with Crippen molar-refractivity contribution in [2.45, 2.75) is 32.7 Å². The van der Waals surface area contributed by atoms with Crippen molar-refractivity contribution >= 4 is 28.1 Å². The molecule has 9 nitrogen and oxygen atoms in total. The second kappa shape index (κ2) is 9.54. The quantitative estimate of drug-likeness (QED) is 0.326. The number of piperidine rings is 1. The SMILES string of the molecule is Cc1cccc2cc(C(C)Nc3ncnc(N)c3NN)nc(OCC3CCN(C)CC3)c12. The molecular formula is C23H32N8O. The fraction of sp³-hybridized carbons (Fsp3) is 0.435. The van der Waals surface area contributed by atoms with E-state index >= 15 is 0 Å². The van der Waals surface area contributed by atoms with Crippen LogP contribution in [0.15, 0.2) is 30.6 Å². The molecule has 0 bridgehead atoms. The maximum atomic E-state index is 6.34. The molecule has 1 aliphatic rings. The van der Waals surface area contributed by atoms with E-state index in [1.165, 1.54) is 6.33 Å². The van der Waals surface area contributed by atoms with E-state index in [0.717, 1.165) is 48.0 Å². The molecule has 0 radical (unpaired) electrons. The molecule has 1 atom stereocenters. The van der Waals surface area contributed by atoms with Gasteiger partial charge in [0.05, 0.1) is 18.3 Å². The van der Waals surface area contributed by atoms with Gasteiger partial charge in [-0.25, -0.2) is 15.0 Å². The summed E-state index contributed by atoms with van der Waals surface area (Å²) in [5, 5.41) is 5.50. The van der Waals surface area contributed by atoms with Crippen molar-refractivity contribution in [2.24, 2.45) is 11.8 Å². The topological polar surface area (TPSA) is 127 Å². The lowest BCUT2D eigenvalue weighted by atomic mass is 9.98. The van der Waals surface area contributed by atoms with Crippen molar-refractivity contribution in [1.29, 1.82) is 0 Å². The Morgan fingerprint density at radius 2 is 2.03 bits per heavy atom. The van der Waals surface area contributed by atoms with Crippen LogP contribution in [0.4, 0.5) is 17.3 Å². The van der Waals surface area contributed by atoms with Crippen molar-refractivity contribution in [2.75, 3.05) is 43.2 Å². The summed E-state index contributed by atoms with van der Waals surface area (Å²) in [5.74, 6) is 7.64. The van der Waals surface area contributed by atoms with Gasteiger partial charge in [-0.1, -0.05) is 18.2 Å². The van der Waals surface area contributed by atoms with Crippen molar-refractivity contribution in [1.82, 2.24) is 19.9 Å². The number of hydrogen-bond donors (Lipinski definition) is 4. The summed E-state index contributed by atoms with van der Waals surface area (Å²) < 4.78 is 6.34. The highest BCUT2D eigenvalue weighted by Gasteiger charge is 2.20. The lowest BCUT2D eigenvalue weighted by Gasteiger charge is -2.28. The molecule has 3 aromatic rings. The van der Waals surface area contributed by atoms with Gasteiger partial charge >= 0.3 is 0 Å². The molecule has 2 aromatic heterocycles. The molecule has 1 saturated heterocycles. The monoisotopic (exact) mass is 436 g/mol. The number of nitrogens with one attached hydrogen (secondary N) is 2. The van der Waals surface area contributed by atoms with Crippen LogP contribution in [0, 0.1) is 12.8 Å². The fourth-order valence-electron chi connectivity index (χ4n) is 4.15. The van der Waals surface area contributed by atoms with Gasteiger partial charge in [0, 0.05) is 5.39 Å². The van der Waals surface area contributed by atoms with E-state index in [2.05, 4.69) is 63.8 Å². The van der Waals surface area contributed by atoms with E-state index in [4.69, 9.17) is 21.3 Å². The number of aryl methyl sites for hydroxylation is 1. The van der Waals surface area contributed by atoms with Gasteiger partial charge in [-0.3, -0.25) is 5.84 Å². The Balaban J connectivity index is 1.61. The number of aromatic nitrogens is 3. The largest absolute Gasteiger partial charge is 0.477 e. The Kier molecular flexibility index (Phi) is 6.57. The van der Waals surface area contributed by atoms with Gasteiger partial charge in [-0.2, -0.15) is 0 Å². The summed E-state index contributed by atoms with van der Waals surface area (Å²) in [4.78, 5) is 15.5. The second-order valence-corrected chi connectivity index (χ2v) is 8.58. The molecule has 1 unspecified atom stereocenters. The van der Waals surface area contributed by atoms with Gasteiger partial charge < -0.3 is 26.1 Å². The molecule has 3 heterocycles. The average molecular weight is 437 g/mol. The fourth-order valence-corrected chi connectivity index (χ4v) is 4.15. The first-order valence-corrected chi connectivity index (χ1v) is 11.0. The first-order valence-electron chi connectivity index (χ1n) is 11.0. The van der Waals surface area contributed by atoms with Gasteiger partial charge in [0.1, 0.15) is 12.0 Å². The molecule has 0 saturated carbocycles. The molecule has 170 valence electrons. The summed E-state index contributed by atoms with van der Waals surface area (Å²) in [7, 11) is 2.17. The maximum absolute atomic E-state index is 6.34. The highest BCUT2D eigenvalue weighted by atomic mass is 16.5. The van der Waals surface area contributed by atoms with Crippen molar-refractivity contribution < 1.29 is 4.74 Å². The molecular weight excluding hydrogens is 404 g/mol. The van der Waals surface area contributed by atoms with Crippen molar-refractivity contribution in [3.63, 3.8) is 0 Å². The molecule has 0 spiro atoms. The average Bonchev–Trinajstić information content (AvgIpc) is 2.78. The van der Waals surface area contributed by atoms with Gasteiger partial charge in [-0.05, 0) is 69.8 Å².